The van der Waals surface area contributed by atoms with E-state index in [4.69, 9.17) is 16.1 Å². The van der Waals surface area contributed by atoms with Gasteiger partial charge in [0, 0.05) is 11.9 Å². The highest BCUT2D eigenvalue weighted by Crippen LogP contribution is 2.36. The van der Waals surface area contributed by atoms with Crippen molar-refractivity contribution >= 4 is 21.6 Å². The van der Waals surface area contributed by atoms with Gasteiger partial charge in [-0.3, -0.25) is 0 Å². The molecule has 136 valence electrons. The first kappa shape index (κ1) is 18.3. The number of hydrogen-bond acceptors (Lipinski definition) is 5. The summed E-state index contributed by atoms with van der Waals surface area (Å²) in [5.74, 6) is -0.242. The number of nitrogens with one attached hydrogen (secondary N) is 1. The van der Waals surface area contributed by atoms with Gasteiger partial charge in [0.1, 0.15) is 10.7 Å². The smallest absolute Gasteiger partial charge is 0.244 e. The lowest BCUT2D eigenvalue weighted by Crippen LogP contribution is -2.46. The van der Waals surface area contributed by atoms with Gasteiger partial charge in [-0.1, -0.05) is 42.4 Å². The first-order valence-electron chi connectivity index (χ1n) is 8.12. The summed E-state index contributed by atoms with van der Waals surface area (Å²) in [7, 11) is -4.13. The van der Waals surface area contributed by atoms with Gasteiger partial charge in [0.2, 0.25) is 15.9 Å². The molecule has 0 saturated heterocycles. The third-order valence-corrected chi connectivity index (χ3v) is 6.23. The van der Waals surface area contributed by atoms with Gasteiger partial charge >= 0.3 is 0 Å². The minimum absolute atomic E-state index is 0.134. The minimum Gasteiger partial charge on any atom is -0.340 e. The summed E-state index contributed by atoms with van der Waals surface area (Å²) in [5, 5.41) is 4.07. The van der Waals surface area contributed by atoms with Crippen molar-refractivity contribution in [3.05, 3.63) is 40.8 Å². The molecule has 6 nitrogen and oxygen atoms in total. The van der Waals surface area contributed by atoms with Crippen molar-refractivity contribution in [3.63, 3.8) is 0 Å². The minimum atomic E-state index is -4.13. The Morgan fingerprint density at radius 1 is 1.24 bits per heavy atom. The lowest BCUT2D eigenvalue weighted by Gasteiger charge is -2.30. The van der Waals surface area contributed by atoms with Gasteiger partial charge in [0.15, 0.2) is 5.82 Å². The molecule has 25 heavy (non-hydrogen) atoms. The van der Waals surface area contributed by atoms with E-state index in [0.29, 0.717) is 24.6 Å². The molecule has 3 rings (SSSR count). The molecule has 1 aliphatic rings. The normalized spacial score (nSPS) is 18.0. The quantitative estimate of drug-likeness (QED) is 0.808. The molecule has 9 heteroatoms. The fraction of sp³-hybridized carbons (Fsp3) is 0.500. The highest BCUT2D eigenvalue weighted by molar-refractivity contribution is 7.89. The number of hydrogen-bond donors (Lipinski definition) is 1. The zero-order valence-corrected chi connectivity index (χ0v) is 15.3. The van der Waals surface area contributed by atoms with Crippen molar-refractivity contribution in [2.45, 2.75) is 55.9 Å². The van der Waals surface area contributed by atoms with Crippen LogP contribution in [-0.4, -0.2) is 18.6 Å². The average molecular weight is 388 g/mol. The summed E-state index contributed by atoms with van der Waals surface area (Å²) < 4.78 is 47.6. The molecule has 1 aliphatic carbocycles. The second kappa shape index (κ2) is 7.01. The third-order valence-electron chi connectivity index (χ3n) is 4.43. The van der Waals surface area contributed by atoms with E-state index in [9.17, 15) is 12.8 Å². The number of aromatic nitrogens is 2. The van der Waals surface area contributed by atoms with E-state index < -0.39 is 26.3 Å². The van der Waals surface area contributed by atoms with Gasteiger partial charge < -0.3 is 4.52 Å². The van der Waals surface area contributed by atoms with Crippen LogP contribution in [0.1, 0.15) is 50.2 Å². The molecule has 1 aromatic heterocycles. The van der Waals surface area contributed by atoms with E-state index in [1.165, 1.54) is 6.07 Å². The summed E-state index contributed by atoms with van der Waals surface area (Å²) >= 11 is 5.72. The van der Waals surface area contributed by atoms with E-state index in [1.54, 1.807) is 6.92 Å². The van der Waals surface area contributed by atoms with Crippen LogP contribution in [0.3, 0.4) is 0 Å². The molecular weight excluding hydrogens is 369 g/mol. The second-order valence-electron chi connectivity index (χ2n) is 6.31. The molecule has 0 amide bonds. The van der Waals surface area contributed by atoms with Crippen molar-refractivity contribution in [1.29, 1.82) is 0 Å². The van der Waals surface area contributed by atoms with Crippen LogP contribution < -0.4 is 4.72 Å². The molecule has 1 heterocycles. The Morgan fingerprint density at radius 2 is 1.92 bits per heavy atom. The van der Waals surface area contributed by atoms with E-state index in [2.05, 4.69) is 14.9 Å². The Bertz CT molecular complexity index is 861. The molecule has 0 spiro atoms. The number of aryl methyl sites for hydroxylation is 1. The molecule has 0 aliphatic heterocycles. The zero-order valence-electron chi connectivity index (χ0n) is 13.8. The highest BCUT2D eigenvalue weighted by atomic mass is 35.5. The third kappa shape index (κ3) is 3.86. The Labute approximate surface area is 150 Å². The first-order chi connectivity index (χ1) is 11.8. The fourth-order valence-electron chi connectivity index (χ4n) is 3.20. The summed E-state index contributed by atoms with van der Waals surface area (Å²) in [6, 6.07) is 3.48. The molecule has 2 aromatic rings. The molecule has 1 fully saturated rings. The van der Waals surface area contributed by atoms with Gasteiger partial charge in [0.05, 0.1) is 5.54 Å². The molecule has 1 N–H and O–H groups in total. The average Bonchev–Trinajstić information content (AvgIpc) is 2.83. The molecular formula is C16H19ClFN3O3S. The van der Waals surface area contributed by atoms with Crippen LogP contribution in [0.2, 0.25) is 5.02 Å². The van der Waals surface area contributed by atoms with Crippen molar-refractivity contribution < 1.29 is 17.3 Å². The van der Waals surface area contributed by atoms with E-state index >= 15 is 0 Å². The summed E-state index contributed by atoms with van der Waals surface area (Å²) in [5.41, 5.74) is -1.00. The van der Waals surface area contributed by atoms with Crippen LogP contribution >= 0.6 is 11.6 Å². The number of rotatable bonds is 4. The van der Waals surface area contributed by atoms with Crippen LogP contribution in [-0.2, 0) is 15.6 Å². The predicted molar refractivity (Wildman–Crippen MR) is 90.1 cm³/mol. The van der Waals surface area contributed by atoms with Crippen molar-refractivity contribution in [2.75, 3.05) is 0 Å². The van der Waals surface area contributed by atoms with Gasteiger partial charge in [-0.15, -0.1) is 0 Å². The van der Waals surface area contributed by atoms with Gasteiger partial charge in [0.25, 0.3) is 0 Å². The van der Waals surface area contributed by atoms with E-state index in [1.807, 2.05) is 0 Å². The Balaban J connectivity index is 2.02. The van der Waals surface area contributed by atoms with Crippen LogP contribution in [0.5, 0.6) is 0 Å². The largest absolute Gasteiger partial charge is 0.340 e. The lowest BCUT2D eigenvalue weighted by atomic mass is 9.91. The maximum Gasteiger partial charge on any atom is 0.244 e. The van der Waals surface area contributed by atoms with Crippen LogP contribution in [0.4, 0.5) is 4.39 Å². The highest BCUT2D eigenvalue weighted by Gasteiger charge is 2.41. The molecule has 1 aromatic carbocycles. The van der Waals surface area contributed by atoms with Gasteiger partial charge in [-0.2, -0.15) is 9.71 Å². The molecule has 0 radical (unpaired) electrons. The number of halogens is 2. The van der Waals surface area contributed by atoms with Gasteiger partial charge in [-0.05, 0) is 31.0 Å². The molecule has 0 atom stereocenters. The van der Waals surface area contributed by atoms with E-state index in [0.717, 1.165) is 37.8 Å². The lowest BCUT2D eigenvalue weighted by molar-refractivity contribution is 0.301. The summed E-state index contributed by atoms with van der Waals surface area (Å²) in [6.07, 6.45) is 4.68. The topological polar surface area (TPSA) is 85.1 Å². The van der Waals surface area contributed by atoms with Crippen LogP contribution in [0, 0.1) is 12.7 Å². The Morgan fingerprint density at radius 3 is 2.48 bits per heavy atom. The number of benzene rings is 1. The SMILES string of the molecule is Cc1nc(C2(NS(=O)(=O)c3ccc(Cl)cc3F)CCCCCC2)no1. The maximum absolute atomic E-state index is 14.2. The Kier molecular flexibility index (Phi) is 5.13. The fourth-order valence-corrected chi connectivity index (χ4v) is 4.84. The molecule has 0 unspecified atom stereocenters. The number of sulfonamides is 1. The second-order valence-corrected chi connectivity index (χ2v) is 8.40. The Hall–Kier alpha value is -1.51. The van der Waals surface area contributed by atoms with Gasteiger partial charge in [-0.25, -0.2) is 12.8 Å². The van der Waals surface area contributed by atoms with Crippen LogP contribution in [0.25, 0.3) is 0 Å². The molecule has 0 bridgehead atoms. The zero-order chi connectivity index (χ0) is 18.1. The standard InChI is InChI=1S/C16H19ClFN3O3S/c1-11-19-15(20-24-11)16(8-4-2-3-5-9-16)21-25(22,23)14-7-6-12(17)10-13(14)18/h6-7,10,21H,2-5,8-9H2,1H3. The van der Waals surface area contributed by atoms with Crippen LogP contribution in [0.15, 0.2) is 27.6 Å². The van der Waals surface area contributed by atoms with Crippen molar-refractivity contribution in [3.8, 4) is 0 Å². The maximum atomic E-state index is 14.2. The number of nitrogens with zero attached hydrogens (tertiary/aromatic N) is 2. The van der Waals surface area contributed by atoms with Crippen molar-refractivity contribution in [1.82, 2.24) is 14.9 Å². The summed E-state index contributed by atoms with van der Waals surface area (Å²) in [6.45, 7) is 1.65. The summed E-state index contributed by atoms with van der Waals surface area (Å²) in [4.78, 5) is 3.80. The van der Waals surface area contributed by atoms with Crippen molar-refractivity contribution in [2.24, 2.45) is 0 Å². The molecule has 1 saturated carbocycles. The van der Waals surface area contributed by atoms with E-state index in [-0.39, 0.29) is 5.02 Å². The monoisotopic (exact) mass is 387 g/mol. The predicted octanol–water partition coefficient (Wildman–Crippen LogP) is 3.70. The first-order valence-corrected chi connectivity index (χ1v) is 9.98.